The van der Waals surface area contributed by atoms with Crippen molar-refractivity contribution in [2.45, 2.75) is 19.8 Å². The molecule has 0 radical (unpaired) electrons. The molecule has 0 unspecified atom stereocenters. The van der Waals surface area contributed by atoms with Gasteiger partial charge in [0, 0.05) is 25.9 Å². The predicted molar refractivity (Wildman–Crippen MR) is 57.7 cm³/mol. The van der Waals surface area contributed by atoms with E-state index in [1.807, 2.05) is 6.92 Å². The Hall–Kier alpha value is -0.870. The molecule has 4 heteroatoms. The average molecular weight is 216 g/mol. The lowest BCUT2D eigenvalue weighted by Crippen LogP contribution is -2.06. The number of carbonyl (C=O) groups excluding carboxylic acids is 1. The molecule has 0 N–H and O–H groups in total. The number of ether oxygens (including phenoxy) is 3. The molecule has 0 aromatic rings. The highest BCUT2D eigenvalue weighted by Gasteiger charge is 2.05. The first-order chi connectivity index (χ1) is 7.26. The van der Waals surface area contributed by atoms with Gasteiger partial charge in [-0.05, 0) is 18.9 Å². The topological polar surface area (TPSA) is 44.8 Å². The number of esters is 1. The lowest BCUT2D eigenvalue weighted by molar-refractivity contribution is -0.136. The number of methoxy groups -OCH3 is 2. The minimum absolute atomic E-state index is 0.280. The van der Waals surface area contributed by atoms with Crippen LogP contribution in [-0.2, 0) is 19.0 Å². The third-order valence-electron chi connectivity index (χ3n) is 1.91. The van der Waals surface area contributed by atoms with Crippen LogP contribution in [0.25, 0.3) is 0 Å². The Morgan fingerprint density at radius 1 is 1.27 bits per heavy atom. The van der Waals surface area contributed by atoms with Gasteiger partial charge in [0.1, 0.15) is 0 Å². The maximum atomic E-state index is 11.1. The van der Waals surface area contributed by atoms with Crippen molar-refractivity contribution in [1.82, 2.24) is 0 Å². The highest BCUT2D eigenvalue weighted by Crippen LogP contribution is 2.02. The van der Waals surface area contributed by atoms with E-state index in [1.54, 1.807) is 13.2 Å². The number of hydrogen-bond acceptors (Lipinski definition) is 4. The van der Waals surface area contributed by atoms with Gasteiger partial charge < -0.3 is 14.2 Å². The molecule has 0 aromatic carbocycles. The second-order valence-electron chi connectivity index (χ2n) is 3.00. The number of hydrogen-bond donors (Lipinski definition) is 0. The number of carbonyl (C=O) groups is 1. The van der Waals surface area contributed by atoms with E-state index in [2.05, 4.69) is 4.74 Å². The summed E-state index contributed by atoms with van der Waals surface area (Å²) in [5.41, 5.74) is 0.657. The van der Waals surface area contributed by atoms with E-state index < -0.39 is 0 Å². The molecule has 0 saturated heterocycles. The summed E-state index contributed by atoms with van der Waals surface area (Å²) in [4.78, 5) is 11.1. The average Bonchev–Trinajstić information content (AvgIpc) is 2.27. The quantitative estimate of drug-likeness (QED) is 0.351. The molecular weight excluding hydrogens is 196 g/mol. The van der Waals surface area contributed by atoms with Gasteiger partial charge in [-0.1, -0.05) is 6.92 Å². The molecule has 0 bridgehead atoms. The Labute approximate surface area is 91.2 Å². The summed E-state index contributed by atoms with van der Waals surface area (Å²) in [6.45, 7) is 3.69. The van der Waals surface area contributed by atoms with E-state index in [-0.39, 0.29) is 5.97 Å². The van der Waals surface area contributed by atoms with Gasteiger partial charge in [-0.2, -0.15) is 0 Å². The molecule has 88 valence electrons. The zero-order valence-corrected chi connectivity index (χ0v) is 9.75. The van der Waals surface area contributed by atoms with Crippen molar-refractivity contribution in [3.8, 4) is 0 Å². The number of rotatable bonds is 8. The molecule has 0 spiro atoms. The molecular formula is C11H20O4. The largest absolute Gasteiger partial charge is 0.466 e. The molecule has 0 aromatic heterocycles. The highest BCUT2D eigenvalue weighted by atomic mass is 16.5. The van der Waals surface area contributed by atoms with Crippen molar-refractivity contribution < 1.29 is 19.0 Å². The minimum atomic E-state index is -0.280. The fraction of sp³-hybridized carbons (Fsp3) is 0.727. The fourth-order valence-electron chi connectivity index (χ4n) is 1.05. The van der Waals surface area contributed by atoms with Crippen LogP contribution in [0.15, 0.2) is 11.6 Å². The molecule has 0 aliphatic carbocycles. The van der Waals surface area contributed by atoms with Crippen molar-refractivity contribution in [3.63, 3.8) is 0 Å². The van der Waals surface area contributed by atoms with Crippen molar-refractivity contribution >= 4 is 5.97 Å². The Morgan fingerprint density at radius 3 is 2.53 bits per heavy atom. The molecule has 0 atom stereocenters. The zero-order chi connectivity index (χ0) is 11.5. The van der Waals surface area contributed by atoms with Gasteiger partial charge >= 0.3 is 5.97 Å². The van der Waals surface area contributed by atoms with Gasteiger partial charge in [0.05, 0.1) is 13.7 Å². The molecule has 0 amide bonds. The van der Waals surface area contributed by atoms with Crippen LogP contribution < -0.4 is 0 Å². The normalized spacial score (nSPS) is 11.5. The van der Waals surface area contributed by atoms with Crippen LogP contribution in [0.1, 0.15) is 19.8 Å². The van der Waals surface area contributed by atoms with E-state index in [0.29, 0.717) is 31.8 Å². The Balaban J connectivity index is 3.67. The van der Waals surface area contributed by atoms with Crippen LogP contribution in [0.3, 0.4) is 0 Å². The molecule has 0 heterocycles. The van der Waals surface area contributed by atoms with E-state index >= 15 is 0 Å². The van der Waals surface area contributed by atoms with Crippen molar-refractivity contribution in [1.29, 1.82) is 0 Å². The second-order valence-corrected chi connectivity index (χ2v) is 3.00. The van der Waals surface area contributed by atoms with Gasteiger partial charge in [-0.15, -0.1) is 0 Å². The Bertz CT molecular complexity index is 199. The van der Waals surface area contributed by atoms with E-state index in [4.69, 9.17) is 9.47 Å². The first kappa shape index (κ1) is 14.1. The van der Waals surface area contributed by atoms with Crippen molar-refractivity contribution in [2.75, 3.05) is 34.0 Å². The predicted octanol–water partition coefficient (Wildman–Crippen LogP) is 1.55. The summed E-state index contributed by atoms with van der Waals surface area (Å²) in [6.07, 6.45) is 3.29. The van der Waals surface area contributed by atoms with E-state index in [9.17, 15) is 4.79 Å². The van der Waals surface area contributed by atoms with E-state index in [0.717, 1.165) is 6.42 Å². The third-order valence-corrected chi connectivity index (χ3v) is 1.91. The molecule has 15 heavy (non-hydrogen) atoms. The summed E-state index contributed by atoms with van der Waals surface area (Å²) >= 11 is 0. The maximum Gasteiger partial charge on any atom is 0.333 e. The lowest BCUT2D eigenvalue weighted by Gasteiger charge is -2.03. The molecule has 0 saturated carbocycles. The van der Waals surface area contributed by atoms with Crippen LogP contribution in [0.2, 0.25) is 0 Å². The van der Waals surface area contributed by atoms with Crippen LogP contribution >= 0.6 is 0 Å². The van der Waals surface area contributed by atoms with Gasteiger partial charge in [0.25, 0.3) is 0 Å². The second kappa shape index (κ2) is 9.68. The van der Waals surface area contributed by atoms with Crippen LogP contribution in [0, 0.1) is 0 Å². The monoisotopic (exact) mass is 216 g/mol. The molecule has 0 aliphatic rings. The van der Waals surface area contributed by atoms with Crippen molar-refractivity contribution in [3.05, 3.63) is 11.6 Å². The molecule has 0 rings (SSSR count). The van der Waals surface area contributed by atoms with Crippen LogP contribution in [0.5, 0.6) is 0 Å². The van der Waals surface area contributed by atoms with E-state index in [1.165, 1.54) is 7.11 Å². The maximum absolute atomic E-state index is 11.1. The summed E-state index contributed by atoms with van der Waals surface area (Å²) in [6, 6.07) is 0. The van der Waals surface area contributed by atoms with Gasteiger partial charge in [0.2, 0.25) is 0 Å². The highest BCUT2D eigenvalue weighted by molar-refractivity contribution is 5.88. The molecule has 0 fully saturated rings. The first-order valence-electron chi connectivity index (χ1n) is 5.10. The van der Waals surface area contributed by atoms with Gasteiger partial charge in [-0.25, -0.2) is 4.79 Å². The summed E-state index contributed by atoms with van der Waals surface area (Å²) in [5.74, 6) is -0.280. The molecule has 4 nitrogen and oxygen atoms in total. The van der Waals surface area contributed by atoms with Crippen LogP contribution in [-0.4, -0.2) is 40.0 Å². The van der Waals surface area contributed by atoms with Crippen molar-refractivity contribution in [2.24, 2.45) is 0 Å². The fourth-order valence-corrected chi connectivity index (χ4v) is 1.05. The standard InChI is InChI=1S/C11H20O4/c1-4-10(11(12)14-3)6-9-15-8-5-7-13-2/h6H,4-5,7-9H2,1-3H3. The summed E-state index contributed by atoms with van der Waals surface area (Å²) in [7, 11) is 3.04. The zero-order valence-electron chi connectivity index (χ0n) is 9.75. The Kier molecular flexibility index (Phi) is 9.11. The lowest BCUT2D eigenvalue weighted by atomic mass is 10.2. The SMILES string of the molecule is CCC(=CCOCCCOC)C(=O)OC. The Morgan fingerprint density at radius 2 is 2.00 bits per heavy atom. The smallest absolute Gasteiger partial charge is 0.333 e. The van der Waals surface area contributed by atoms with Crippen LogP contribution in [0.4, 0.5) is 0 Å². The van der Waals surface area contributed by atoms with Gasteiger partial charge in [0.15, 0.2) is 0 Å². The third kappa shape index (κ3) is 7.11. The first-order valence-corrected chi connectivity index (χ1v) is 5.10. The molecule has 0 aliphatic heterocycles. The summed E-state index contributed by atoms with van der Waals surface area (Å²) < 4.78 is 14.8. The summed E-state index contributed by atoms with van der Waals surface area (Å²) in [5, 5.41) is 0. The van der Waals surface area contributed by atoms with Gasteiger partial charge in [-0.3, -0.25) is 0 Å². The minimum Gasteiger partial charge on any atom is -0.466 e.